The number of nitrogens with zero attached hydrogens (tertiary/aromatic N) is 2. The van der Waals surface area contributed by atoms with Crippen molar-refractivity contribution in [3.8, 4) is 11.1 Å². The third kappa shape index (κ3) is 3.06. The van der Waals surface area contributed by atoms with Crippen LogP contribution in [0.3, 0.4) is 0 Å². The topological polar surface area (TPSA) is 42.4 Å². The number of hydrogen-bond donors (Lipinski definition) is 0. The van der Waals surface area contributed by atoms with Crippen LogP contribution in [0.25, 0.3) is 11.1 Å². The van der Waals surface area contributed by atoms with E-state index >= 15 is 0 Å². The molecular weight excluding hydrogens is 324 g/mol. The van der Waals surface area contributed by atoms with E-state index in [1.807, 2.05) is 79.9 Å². The van der Waals surface area contributed by atoms with Gasteiger partial charge in [-0.15, -0.1) is 0 Å². The minimum atomic E-state index is -0.587. The Morgan fingerprint density at radius 1 is 1.00 bits per heavy atom. The normalized spacial score (nSPS) is 19.9. The van der Waals surface area contributed by atoms with Gasteiger partial charge in [0.05, 0.1) is 0 Å². The van der Waals surface area contributed by atoms with Crippen molar-refractivity contribution in [1.82, 2.24) is 4.98 Å². The molecule has 4 rings (SSSR count). The number of carbonyl (C=O) groups excluding carboxylic acids is 1. The minimum Gasteiger partial charge on any atom is -0.438 e. The van der Waals surface area contributed by atoms with Crippen molar-refractivity contribution in [3.05, 3.63) is 84.7 Å². The average molecular weight is 344 g/mol. The van der Waals surface area contributed by atoms with Crippen LogP contribution in [-0.4, -0.2) is 17.6 Å². The molecule has 3 aromatic rings. The van der Waals surface area contributed by atoms with E-state index < -0.39 is 5.60 Å². The molecule has 1 aliphatic rings. The van der Waals surface area contributed by atoms with Crippen molar-refractivity contribution in [1.29, 1.82) is 0 Å². The Kier molecular flexibility index (Phi) is 4.17. The van der Waals surface area contributed by atoms with Crippen LogP contribution < -0.4 is 4.90 Å². The van der Waals surface area contributed by atoms with Crippen LogP contribution in [0.5, 0.6) is 0 Å². The number of aromatic nitrogens is 1. The molecule has 1 amide bonds. The van der Waals surface area contributed by atoms with E-state index in [4.69, 9.17) is 4.74 Å². The highest BCUT2D eigenvalue weighted by Gasteiger charge is 2.38. The van der Waals surface area contributed by atoms with Crippen molar-refractivity contribution >= 4 is 11.8 Å². The summed E-state index contributed by atoms with van der Waals surface area (Å²) in [7, 11) is 0. The molecule has 2 heterocycles. The summed E-state index contributed by atoms with van der Waals surface area (Å²) in [5.74, 6) is 0. The van der Waals surface area contributed by atoms with Crippen molar-refractivity contribution in [3.63, 3.8) is 0 Å². The largest absolute Gasteiger partial charge is 0.438 e. The number of ether oxygens (including phenoxy) is 1. The molecule has 130 valence electrons. The molecule has 1 aromatic heterocycles. The Morgan fingerprint density at radius 3 is 2.54 bits per heavy atom. The van der Waals surface area contributed by atoms with Crippen LogP contribution in [0.4, 0.5) is 10.5 Å². The smallest absolute Gasteiger partial charge is 0.415 e. The second-order valence-electron chi connectivity index (χ2n) is 6.66. The molecule has 4 heteroatoms. The molecule has 0 N–H and O–H groups in total. The number of carbonyl (C=O) groups is 1. The van der Waals surface area contributed by atoms with Crippen molar-refractivity contribution in [2.45, 2.75) is 18.9 Å². The van der Waals surface area contributed by atoms with Gasteiger partial charge in [-0.2, -0.15) is 0 Å². The van der Waals surface area contributed by atoms with Gasteiger partial charge in [-0.1, -0.05) is 48.5 Å². The molecule has 0 aliphatic carbocycles. The van der Waals surface area contributed by atoms with Crippen molar-refractivity contribution in [2.75, 3.05) is 11.4 Å². The molecule has 0 spiro atoms. The first-order valence-corrected chi connectivity index (χ1v) is 8.72. The maximum Gasteiger partial charge on any atom is 0.415 e. The fraction of sp³-hybridized carbons (Fsp3) is 0.182. The van der Waals surface area contributed by atoms with Gasteiger partial charge in [-0.3, -0.25) is 9.88 Å². The second-order valence-corrected chi connectivity index (χ2v) is 6.66. The standard InChI is InChI=1S/C22H20N2O2/c1-22(19-9-3-2-4-10-19)12-14-24(21(25)26-22)20-11-5-7-17(15-20)18-8-6-13-23-16-18/h2-11,13,15-16H,12,14H2,1H3. The summed E-state index contributed by atoms with van der Waals surface area (Å²) in [6, 6.07) is 21.7. The van der Waals surface area contributed by atoms with Crippen molar-refractivity contribution < 1.29 is 9.53 Å². The van der Waals surface area contributed by atoms with E-state index in [0.29, 0.717) is 6.54 Å². The zero-order chi connectivity index (χ0) is 18.0. The average Bonchev–Trinajstić information content (AvgIpc) is 2.69. The number of pyridine rings is 1. The third-order valence-corrected chi connectivity index (χ3v) is 4.88. The Hall–Kier alpha value is -3.14. The van der Waals surface area contributed by atoms with Gasteiger partial charge in [0, 0.05) is 36.6 Å². The van der Waals surface area contributed by atoms with Crippen LogP contribution in [-0.2, 0) is 10.3 Å². The fourth-order valence-electron chi connectivity index (χ4n) is 3.33. The van der Waals surface area contributed by atoms with Crippen LogP contribution in [0.1, 0.15) is 18.9 Å². The minimum absolute atomic E-state index is 0.314. The van der Waals surface area contributed by atoms with Crippen LogP contribution >= 0.6 is 0 Å². The summed E-state index contributed by atoms with van der Waals surface area (Å²) in [4.78, 5) is 18.6. The molecule has 4 nitrogen and oxygen atoms in total. The molecule has 2 aromatic carbocycles. The highest BCUT2D eigenvalue weighted by molar-refractivity contribution is 5.89. The Labute approximate surface area is 153 Å². The molecule has 1 atom stereocenters. The predicted octanol–water partition coefficient (Wildman–Crippen LogP) is 5.01. The molecule has 1 saturated heterocycles. The lowest BCUT2D eigenvalue weighted by molar-refractivity contribution is 0.00583. The third-order valence-electron chi connectivity index (χ3n) is 4.88. The van der Waals surface area contributed by atoms with E-state index in [-0.39, 0.29) is 6.09 Å². The van der Waals surface area contributed by atoms with E-state index in [1.165, 1.54) is 0 Å². The summed E-state index contributed by atoms with van der Waals surface area (Å²) in [6.07, 6.45) is 3.99. The zero-order valence-electron chi connectivity index (χ0n) is 14.6. The zero-order valence-corrected chi connectivity index (χ0v) is 14.6. The van der Waals surface area contributed by atoms with E-state index in [0.717, 1.165) is 28.8 Å². The van der Waals surface area contributed by atoms with Gasteiger partial charge in [0.25, 0.3) is 0 Å². The summed E-state index contributed by atoms with van der Waals surface area (Å²) in [6.45, 7) is 2.59. The SMILES string of the molecule is CC1(c2ccccc2)CCN(c2cccc(-c3cccnc3)c2)C(=O)O1. The van der Waals surface area contributed by atoms with Crippen molar-refractivity contribution in [2.24, 2.45) is 0 Å². The maximum atomic E-state index is 12.7. The first kappa shape index (κ1) is 16.3. The number of rotatable bonds is 3. The second kappa shape index (κ2) is 6.64. The van der Waals surface area contributed by atoms with Crippen LogP contribution in [0, 0.1) is 0 Å². The highest BCUT2D eigenvalue weighted by atomic mass is 16.6. The maximum absolute atomic E-state index is 12.7. The Bertz CT molecular complexity index is 912. The van der Waals surface area contributed by atoms with Gasteiger partial charge in [0.1, 0.15) is 5.60 Å². The monoisotopic (exact) mass is 344 g/mol. The van der Waals surface area contributed by atoms with Crippen LogP contribution in [0.2, 0.25) is 0 Å². The molecule has 26 heavy (non-hydrogen) atoms. The number of anilines is 1. The van der Waals surface area contributed by atoms with Crippen LogP contribution in [0.15, 0.2) is 79.1 Å². The molecule has 1 aliphatic heterocycles. The predicted molar refractivity (Wildman–Crippen MR) is 102 cm³/mol. The van der Waals surface area contributed by atoms with E-state index in [9.17, 15) is 4.79 Å². The van der Waals surface area contributed by atoms with Gasteiger partial charge in [0.2, 0.25) is 0 Å². The Balaban J connectivity index is 1.58. The fourth-order valence-corrected chi connectivity index (χ4v) is 3.33. The van der Waals surface area contributed by atoms with E-state index in [2.05, 4.69) is 4.98 Å². The first-order chi connectivity index (χ1) is 12.7. The number of amides is 1. The Morgan fingerprint density at radius 2 is 1.81 bits per heavy atom. The molecule has 0 saturated carbocycles. The van der Waals surface area contributed by atoms with E-state index in [1.54, 1.807) is 11.1 Å². The quantitative estimate of drug-likeness (QED) is 0.671. The first-order valence-electron chi connectivity index (χ1n) is 8.72. The molecule has 1 fully saturated rings. The molecule has 1 unspecified atom stereocenters. The highest BCUT2D eigenvalue weighted by Crippen LogP contribution is 2.36. The number of benzene rings is 2. The summed E-state index contributed by atoms with van der Waals surface area (Å²) >= 11 is 0. The van der Waals surface area contributed by atoms with Gasteiger partial charge in [-0.25, -0.2) is 4.79 Å². The summed E-state index contributed by atoms with van der Waals surface area (Å²) in [5.41, 5.74) is 3.33. The lowest BCUT2D eigenvalue weighted by atomic mass is 9.91. The number of hydrogen-bond acceptors (Lipinski definition) is 3. The molecular formula is C22H20N2O2. The van der Waals surface area contributed by atoms with Gasteiger partial charge < -0.3 is 4.74 Å². The lowest BCUT2D eigenvalue weighted by Crippen LogP contribution is -2.46. The summed E-state index contributed by atoms with van der Waals surface area (Å²) in [5, 5.41) is 0. The van der Waals surface area contributed by atoms with Gasteiger partial charge in [0.15, 0.2) is 0 Å². The summed E-state index contributed by atoms with van der Waals surface area (Å²) < 4.78 is 5.85. The molecule has 0 radical (unpaired) electrons. The molecule has 0 bridgehead atoms. The lowest BCUT2D eigenvalue weighted by Gasteiger charge is -2.39. The number of cyclic esters (lactones) is 1. The van der Waals surface area contributed by atoms with Gasteiger partial charge in [-0.05, 0) is 36.2 Å². The van der Waals surface area contributed by atoms with Gasteiger partial charge >= 0.3 is 6.09 Å².